The van der Waals surface area contributed by atoms with Crippen molar-refractivity contribution in [2.24, 2.45) is 5.73 Å². The van der Waals surface area contributed by atoms with E-state index >= 15 is 0 Å². The molecule has 13 nitrogen and oxygen atoms in total. The van der Waals surface area contributed by atoms with Crippen LogP contribution in [0.15, 0.2) is 109 Å². The smallest absolute Gasteiger partial charge is 0.472 e. The van der Waals surface area contributed by atoms with Gasteiger partial charge in [0.05, 0.1) is 25.4 Å². The van der Waals surface area contributed by atoms with Crippen LogP contribution in [-0.4, -0.2) is 82.3 Å². The van der Waals surface area contributed by atoms with E-state index in [0.717, 1.165) is 38.5 Å². The molecule has 0 spiro atoms. The summed E-state index contributed by atoms with van der Waals surface area (Å²) in [4.78, 5) is 45.9. The third-order valence-electron chi connectivity index (χ3n) is 8.18. The Bertz CT molecular complexity index is 1460. The highest BCUT2D eigenvalue weighted by Gasteiger charge is 2.28. The average Bonchev–Trinajstić information content (AvgIpc) is 3.21. The average molecular weight is 862 g/mol. The number of nitrogens with two attached hydrogens (primary N) is 1. The second kappa shape index (κ2) is 39.2. The first-order valence-corrected chi connectivity index (χ1v) is 22.6. The molecule has 0 bridgehead atoms. The van der Waals surface area contributed by atoms with E-state index in [4.69, 9.17) is 24.8 Å². The molecule has 0 rings (SSSR count). The number of carbonyl (C=O) groups excluding carboxylic acids is 2. The summed E-state index contributed by atoms with van der Waals surface area (Å²) in [5.74, 6) is -2.64. The number of hydrogen-bond donors (Lipinski definition) is 5. The summed E-state index contributed by atoms with van der Waals surface area (Å²) < 4.78 is 32.5. The highest BCUT2D eigenvalue weighted by molar-refractivity contribution is 7.47. The summed E-state index contributed by atoms with van der Waals surface area (Å²) in [7, 11) is -4.78. The summed E-state index contributed by atoms with van der Waals surface area (Å²) in [5, 5.41) is 28.8. The molecule has 0 aromatic heterocycles. The lowest BCUT2D eigenvalue weighted by molar-refractivity contribution is -0.161. The predicted octanol–water partition coefficient (Wildman–Crippen LogP) is 9.00. The van der Waals surface area contributed by atoms with Gasteiger partial charge in [-0.05, 0) is 77.0 Å². The zero-order chi connectivity index (χ0) is 44.5. The van der Waals surface area contributed by atoms with Crippen LogP contribution in [-0.2, 0) is 37.5 Å². The molecule has 0 aliphatic heterocycles. The second-order valence-corrected chi connectivity index (χ2v) is 15.2. The minimum atomic E-state index is -4.78. The fraction of sp³-hybridized carbons (Fsp3) is 0.543. The Kier molecular flexibility index (Phi) is 36.6. The van der Waals surface area contributed by atoms with Gasteiger partial charge >= 0.3 is 25.7 Å². The van der Waals surface area contributed by atoms with E-state index in [-0.39, 0.29) is 12.8 Å². The van der Waals surface area contributed by atoms with Gasteiger partial charge in [-0.15, -0.1) is 0 Å². The second-order valence-electron chi connectivity index (χ2n) is 13.8. The molecule has 0 saturated carbocycles. The molecule has 338 valence electrons. The largest absolute Gasteiger partial charge is 0.480 e. The first-order valence-electron chi connectivity index (χ1n) is 21.1. The number of phosphoric acid groups is 1. The molecule has 0 aliphatic rings. The van der Waals surface area contributed by atoms with Gasteiger partial charge in [-0.2, -0.15) is 0 Å². The lowest BCUT2D eigenvalue weighted by atomic mass is 10.1. The van der Waals surface area contributed by atoms with E-state index < -0.39 is 69.9 Å². The number of aliphatic carboxylic acids is 1. The Morgan fingerprint density at radius 2 is 1.13 bits per heavy atom. The van der Waals surface area contributed by atoms with Gasteiger partial charge in [-0.3, -0.25) is 23.4 Å². The summed E-state index contributed by atoms with van der Waals surface area (Å²) >= 11 is 0. The summed E-state index contributed by atoms with van der Waals surface area (Å²) in [5.41, 5.74) is 5.31. The molecule has 0 aliphatic carbocycles. The van der Waals surface area contributed by atoms with Crippen LogP contribution >= 0.6 is 7.82 Å². The fourth-order valence-electron chi connectivity index (χ4n) is 4.80. The number of aliphatic hydroxyl groups excluding tert-OH is 2. The van der Waals surface area contributed by atoms with Crippen molar-refractivity contribution in [3.05, 3.63) is 109 Å². The quantitative estimate of drug-likeness (QED) is 0.0130. The highest BCUT2D eigenvalue weighted by Crippen LogP contribution is 2.43. The number of phosphoric ester groups is 1. The van der Waals surface area contributed by atoms with Gasteiger partial charge in [-0.1, -0.05) is 136 Å². The minimum absolute atomic E-state index is 0.0248. The van der Waals surface area contributed by atoms with E-state index in [1.165, 1.54) is 19.3 Å². The SMILES string of the molecule is CC/C=C\C[C@@H](O)/C=C/C=C\C=C\[C@@H](O)C/C=C\C/C=C\CCC(=O)OC[C@H](COP(=O)(O)OC[C@H](N)C(=O)O)OC(=O)CCCC/C=C\C/C=C\C/C=C\CCCCC. The van der Waals surface area contributed by atoms with Crippen molar-refractivity contribution >= 4 is 25.7 Å². The van der Waals surface area contributed by atoms with Crippen LogP contribution in [0.2, 0.25) is 0 Å². The first kappa shape index (κ1) is 56.1. The Morgan fingerprint density at radius 1 is 0.617 bits per heavy atom. The van der Waals surface area contributed by atoms with Gasteiger partial charge in [0.2, 0.25) is 0 Å². The number of rotatable bonds is 37. The summed E-state index contributed by atoms with van der Waals surface area (Å²) in [6.07, 6.45) is 43.8. The standard InChI is InChI=1S/C46H72NO12P/c1-3-5-7-8-9-10-11-12-13-14-15-16-17-22-30-36-45(51)59-42(38-57-60(54,55)58-39-43(47)46(52)53)37-56-44(50)35-29-21-19-18-20-26-32-41(49)34-28-24-23-27-33-40(48)31-25-6-4-2/h6,9-10,12-13,15-16,19-21,23-28,33-34,40-43,48-49H,3-5,7-8,11,14,17-18,22,29-32,35-39,47H2,1-2H3,(H,52,53)(H,54,55)/b10-9-,13-12-,16-15-,21-19-,24-23-,25-6-,26-20-,33-27+,34-28+/t40-,41+,42-,43+/m1/s1. The maximum atomic E-state index is 12.6. The molecule has 0 fully saturated rings. The molecule has 60 heavy (non-hydrogen) atoms. The third kappa shape index (κ3) is 38.3. The molecule has 0 heterocycles. The molecule has 0 aromatic rings. The number of esters is 2. The Balaban J connectivity index is 4.70. The maximum Gasteiger partial charge on any atom is 0.472 e. The Hall–Kier alpha value is -3.94. The van der Waals surface area contributed by atoms with Crippen molar-refractivity contribution in [2.75, 3.05) is 19.8 Å². The number of ether oxygens (including phenoxy) is 2. The van der Waals surface area contributed by atoms with Crippen LogP contribution in [0, 0.1) is 0 Å². The lowest BCUT2D eigenvalue weighted by Gasteiger charge is -2.20. The van der Waals surface area contributed by atoms with Crippen molar-refractivity contribution < 1.29 is 57.7 Å². The topological polar surface area (TPSA) is 212 Å². The predicted molar refractivity (Wildman–Crippen MR) is 238 cm³/mol. The number of allylic oxidation sites excluding steroid dienone is 14. The fourth-order valence-corrected chi connectivity index (χ4v) is 5.58. The van der Waals surface area contributed by atoms with E-state index in [1.807, 2.05) is 37.3 Å². The molecule has 0 amide bonds. The van der Waals surface area contributed by atoms with Crippen LogP contribution in [0.25, 0.3) is 0 Å². The molecule has 0 aromatic carbocycles. The summed E-state index contributed by atoms with van der Waals surface area (Å²) in [6.45, 7) is 2.33. The van der Waals surface area contributed by atoms with E-state index in [9.17, 15) is 34.1 Å². The number of hydrogen-bond acceptors (Lipinski definition) is 11. The molecule has 14 heteroatoms. The Morgan fingerprint density at radius 3 is 1.70 bits per heavy atom. The van der Waals surface area contributed by atoms with Gasteiger partial charge in [0.1, 0.15) is 12.6 Å². The van der Waals surface area contributed by atoms with Crippen LogP contribution in [0.5, 0.6) is 0 Å². The molecular weight excluding hydrogens is 789 g/mol. The van der Waals surface area contributed by atoms with Gasteiger partial charge in [0.25, 0.3) is 0 Å². The lowest BCUT2D eigenvalue weighted by Crippen LogP contribution is -2.34. The van der Waals surface area contributed by atoms with E-state index in [0.29, 0.717) is 32.1 Å². The van der Waals surface area contributed by atoms with Crippen molar-refractivity contribution in [1.29, 1.82) is 0 Å². The zero-order valence-corrected chi connectivity index (χ0v) is 36.6. The minimum Gasteiger partial charge on any atom is -0.480 e. The number of unbranched alkanes of at least 4 members (excludes halogenated alkanes) is 5. The normalized spacial score (nSPS) is 15.8. The highest BCUT2D eigenvalue weighted by atomic mass is 31.2. The first-order chi connectivity index (χ1) is 28.9. The molecule has 1 unspecified atom stereocenters. The summed E-state index contributed by atoms with van der Waals surface area (Å²) in [6, 6.07) is -1.56. The number of carbonyl (C=O) groups is 3. The molecular formula is C46H72NO12P. The van der Waals surface area contributed by atoms with E-state index in [2.05, 4.69) is 47.9 Å². The van der Waals surface area contributed by atoms with Crippen molar-refractivity contribution in [1.82, 2.24) is 0 Å². The van der Waals surface area contributed by atoms with Crippen molar-refractivity contribution in [3.63, 3.8) is 0 Å². The van der Waals surface area contributed by atoms with Gasteiger partial charge < -0.3 is 35.4 Å². The monoisotopic (exact) mass is 861 g/mol. The van der Waals surface area contributed by atoms with Crippen molar-refractivity contribution in [2.45, 2.75) is 141 Å². The third-order valence-corrected chi connectivity index (χ3v) is 9.14. The molecule has 5 atom stereocenters. The van der Waals surface area contributed by atoms with Crippen molar-refractivity contribution in [3.8, 4) is 0 Å². The van der Waals surface area contributed by atoms with Gasteiger partial charge in [-0.25, -0.2) is 4.57 Å². The van der Waals surface area contributed by atoms with Crippen LogP contribution in [0.1, 0.15) is 117 Å². The molecule has 0 saturated heterocycles. The Labute approximate surface area is 358 Å². The molecule has 6 N–H and O–H groups in total. The zero-order valence-electron chi connectivity index (χ0n) is 35.7. The number of carboxylic acid groups (broad SMARTS) is 1. The maximum absolute atomic E-state index is 12.6. The van der Waals surface area contributed by atoms with Crippen LogP contribution in [0.3, 0.4) is 0 Å². The van der Waals surface area contributed by atoms with Crippen LogP contribution in [0.4, 0.5) is 0 Å². The van der Waals surface area contributed by atoms with Crippen LogP contribution < -0.4 is 5.73 Å². The van der Waals surface area contributed by atoms with Gasteiger partial charge in [0.15, 0.2) is 6.10 Å². The molecule has 0 radical (unpaired) electrons. The number of carboxylic acids is 1. The van der Waals surface area contributed by atoms with Gasteiger partial charge in [0, 0.05) is 12.8 Å². The van der Waals surface area contributed by atoms with E-state index in [1.54, 1.807) is 42.5 Å². The number of aliphatic hydroxyl groups is 2.